The monoisotopic (exact) mass is 180 g/mol. The highest BCUT2D eigenvalue weighted by Gasteiger charge is 2.46. The lowest BCUT2D eigenvalue weighted by Crippen LogP contribution is -2.21. The summed E-state index contributed by atoms with van der Waals surface area (Å²) in [5.41, 5.74) is 5.81. The SMILES string of the molecule is CC(C)c1nc(C2(CN)CC2)n[nH]1. The van der Waals surface area contributed by atoms with E-state index in [-0.39, 0.29) is 5.41 Å². The van der Waals surface area contributed by atoms with E-state index in [1.165, 1.54) is 0 Å². The van der Waals surface area contributed by atoms with Gasteiger partial charge in [-0.1, -0.05) is 13.8 Å². The molecule has 4 heteroatoms. The maximum Gasteiger partial charge on any atom is 0.158 e. The zero-order valence-electron chi connectivity index (χ0n) is 8.17. The largest absolute Gasteiger partial charge is 0.329 e. The molecule has 0 unspecified atom stereocenters. The average molecular weight is 180 g/mol. The van der Waals surface area contributed by atoms with E-state index in [9.17, 15) is 0 Å². The summed E-state index contributed by atoms with van der Waals surface area (Å²) in [6.07, 6.45) is 2.28. The number of hydrogen-bond acceptors (Lipinski definition) is 3. The molecule has 0 amide bonds. The maximum atomic E-state index is 5.69. The van der Waals surface area contributed by atoms with Gasteiger partial charge in [0.1, 0.15) is 5.82 Å². The summed E-state index contributed by atoms with van der Waals surface area (Å²) < 4.78 is 0. The summed E-state index contributed by atoms with van der Waals surface area (Å²) in [6, 6.07) is 0. The normalized spacial score (nSPS) is 19.4. The van der Waals surface area contributed by atoms with Crippen LogP contribution in [0.2, 0.25) is 0 Å². The van der Waals surface area contributed by atoms with Gasteiger partial charge >= 0.3 is 0 Å². The highest BCUT2D eigenvalue weighted by atomic mass is 15.2. The van der Waals surface area contributed by atoms with Crippen molar-refractivity contribution in [2.45, 2.75) is 38.0 Å². The molecule has 0 aromatic carbocycles. The van der Waals surface area contributed by atoms with Crippen LogP contribution in [0.15, 0.2) is 0 Å². The Morgan fingerprint density at radius 1 is 1.54 bits per heavy atom. The van der Waals surface area contributed by atoms with Gasteiger partial charge in [-0.25, -0.2) is 4.98 Å². The Bertz CT molecular complexity index is 298. The first-order valence-electron chi connectivity index (χ1n) is 4.81. The Kier molecular flexibility index (Phi) is 1.87. The minimum Gasteiger partial charge on any atom is -0.329 e. The van der Waals surface area contributed by atoms with Gasteiger partial charge in [0.05, 0.1) is 0 Å². The van der Waals surface area contributed by atoms with E-state index in [4.69, 9.17) is 5.73 Å². The van der Waals surface area contributed by atoms with E-state index >= 15 is 0 Å². The molecular weight excluding hydrogens is 164 g/mol. The van der Waals surface area contributed by atoms with Crippen molar-refractivity contribution >= 4 is 0 Å². The van der Waals surface area contributed by atoms with Gasteiger partial charge in [0.25, 0.3) is 0 Å². The van der Waals surface area contributed by atoms with Crippen LogP contribution in [0.3, 0.4) is 0 Å². The number of hydrogen-bond donors (Lipinski definition) is 2. The minimum atomic E-state index is 0.115. The van der Waals surface area contributed by atoms with Gasteiger partial charge in [-0.3, -0.25) is 5.10 Å². The third-order valence-electron chi connectivity index (χ3n) is 2.77. The topological polar surface area (TPSA) is 67.6 Å². The minimum absolute atomic E-state index is 0.115. The Labute approximate surface area is 77.9 Å². The fraction of sp³-hybridized carbons (Fsp3) is 0.778. The summed E-state index contributed by atoms with van der Waals surface area (Å²) in [5, 5.41) is 7.20. The van der Waals surface area contributed by atoms with E-state index < -0.39 is 0 Å². The lowest BCUT2D eigenvalue weighted by Gasteiger charge is -2.05. The molecule has 0 radical (unpaired) electrons. The predicted molar refractivity (Wildman–Crippen MR) is 50.4 cm³/mol. The van der Waals surface area contributed by atoms with Crippen LogP contribution in [0.5, 0.6) is 0 Å². The number of nitrogens with two attached hydrogens (primary N) is 1. The number of aromatic amines is 1. The lowest BCUT2D eigenvalue weighted by atomic mass is 10.1. The summed E-state index contributed by atoms with van der Waals surface area (Å²) in [4.78, 5) is 4.47. The molecule has 1 heterocycles. The molecule has 1 aromatic rings. The van der Waals surface area contributed by atoms with Crippen molar-refractivity contribution in [3.05, 3.63) is 11.6 Å². The van der Waals surface area contributed by atoms with Crippen molar-refractivity contribution in [3.63, 3.8) is 0 Å². The quantitative estimate of drug-likeness (QED) is 0.726. The summed E-state index contributed by atoms with van der Waals surface area (Å²) in [5.74, 6) is 2.29. The Balaban J connectivity index is 2.23. The smallest absolute Gasteiger partial charge is 0.158 e. The Hall–Kier alpha value is -0.900. The number of rotatable bonds is 3. The van der Waals surface area contributed by atoms with Crippen LogP contribution >= 0.6 is 0 Å². The van der Waals surface area contributed by atoms with E-state index in [2.05, 4.69) is 29.0 Å². The fourth-order valence-electron chi connectivity index (χ4n) is 1.44. The van der Waals surface area contributed by atoms with Crippen LogP contribution < -0.4 is 5.73 Å². The first kappa shape index (κ1) is 8.69. The van der Waals surface area contributed by atoms with Crippen LogP contribution in [-0.2, 0) is 5.41 Å². The van der Waals surface area contributed by atoms with Crippen molar-refractivity contribution in [2.24, 2.45) is 5.73 Å². The Morgan fingerprint density at radius 2 is 2.23 bits per heavy atom. The molecule has 0 aliphatic heterocycles. The van der Waals surface area contributed by atoms with Crippen LogP contribution in [-0.4, -0.2) is 21.7 Å². The molecule has 0 spiro atoms. The molecular formula is C9H16N4. The molecule has 1 saturated carbocycles. The molecule has 4 nitrogen and oxygen atoms in total. The van der Waals surface area contributed by atoms with Crippen molar-refractivity contribution in [1.29, 1.82) is 0 Å². The molecule has 3 N–H and O–H groups in total. The average Bonchev–Trinajstić information content (AvgIpc) is 2.75. The van der Waals surface area contributed by atoms with Crippen molar-refractivity contribution < 1.29 is 0 Å². The molecule has 2 rings (SSSR count). The standard InChI is InChI=1S/C9H16N4/c1-6(2)7-11-8(13-12-7)9(5-10)3-4-9/h6H,3-5,10H2,1-2H3,(H,11,12,13). The zero-order chi connectivity index (χ0) is 9.47. The van der Waals surface area contributed by atoms with E-state index in [0.717, 1.165) is 24.5 Å². The maximum absolute atomic E-state index is 5.69. The third kappa shape index (κ3) is 1.35. The lowest BCUT2D eigenvalue weighted by molar-refractivity contribution is 0.651. The molecule has 72 valence electrons. The number of nitrogens with one attached hydrogen (secondary N) is 1. The highest BCUT2D eigenvalue weighted by Crippen LogP contribution is 2.45. The van der Waals surface area contributed by atoms with Crippen LogP contribution in [0.1, 0.15) is 44.3 Å². The summed E-state index contributed by atoms with van der Waals surface area (Å²) in [7, 11) is 0. The van der Waals surface area contributed by atoms with E-state index in [1.807, 2.05) is 0 Å². The van der Waals surface area contributed by atoms with Gasteiger partial charge in [0.15, 0.2) is 5.82 Å². The fourth-order valence-corrected chi connectivity index (χ4v) is 1.44. The Morgan fingerprint density at radius 3 is 2.62 bits per heavy atom. The van der Waals surface area contributed by atoms with Crippen LogP contribution in [0.25, 0.3) is 0 Å². The first-order chi connectivity index (χ1) is 6.18. The van der Waals surface area contributed by atoms with Crippen molar-refractivity contribution in [3.8, 4) is 0 Å². The first-order valence-corrected chi connectivity index (χ1v) is 4.81. The number of H-pyrrole nitrogens is 1. The predicted octanol–water partition coefficient (Wildman–Crippen LogP) is 0.918. The second-order valence-electron chi connectivity index (χ2n) is 4.18. The molecule has 0 bridgehead atoms. The van der Waals surface area contributed by atoms with E-state index in [0.29, 0.717) is 12.5 Å². The van der Waals surface area contributed by atoms with E-state index in [1.54, 1.807) is 0 Å². The molecule has 1 aliphatic carbocycles. The molecule has 1 fully saturated rings. The molecule has 1 aliphatic rings. The number of aromatic nitrogens is 3. The van der Waals surface area contributed by atoms with Gasteiger partial charge in [-0.2, -0.15) is 5.10 Å². The second-order valence-corrected chi connectivity index (χ2v) is 4.18. The van der Waals surface area contributed by atoms with Gasteiger partial charge in [-0.05, 0) is 12.8 Å². The van der Waals surface area contributed by atoms with Crippen molar-refractivity contribution in [2.75, 3.05) is 6.54 Å². The van der Waals surface area contributed by atoms with Gasteiger partial charge in [0.2, 0.25) is 0 Å². The van der Waals surface area contributed by atoms with Gasteiger partial charge in [-0.15, -0.1) is 0 Å². The summed E-state index contributed by atoms with van der Waals surface area (Å²) >= 11 is 0. The molecule has 0 saturated heterocycles. The van der Waals surface area contributed by atoms with Gasteiger partial charge < -0.3 is 5.73 Å². The molecule has 1 aromatic heterocycles. The molecule has 0 atom stereocenters. The third-order valence-corrected chi connectivity index (χ3v) is 2.77. The highest BCUT2D eigenvalue weighted by molar-refractivity contribution is 5.18. The summed E-state index contributed by atoms with van der Waals surface area (Å²) in [6.45, 7) is 4.88. The second kappa shape index (κ2) is 2.80. The van der Waals surface area contributed by atoms with Gasteiger partial charge in [0, 0.05) is 17.9 Å². The molecule has 13 heavy (non-hydrogen) atoms. The van der Waals surface area contributed by atoms with Crippen molar-refractivity contribution in [1.82, 2.24) is 15.2 Å². The van der Waals surface area contributed by atoms with Crippen LogP contribution in [0, 0.1) is 0 Å². The zero-order valence-corrected chi connectivity index (χ0v) is 8.17. The van der Waals surface area contributed by atoms with Crippen LogP contribution in [0.4, 0.5) is 0 Å². The number of nitrogens with zero attached hydrogens (tertiary/aromatic N) is 2.